The molecule has 0 aliphatic carbocycles. The lowest BCUT2D eigenvalue weighted by atomic mass is 10.2. The van der Waals surface area contributed by atoms with Crippen LogP contribution in [0, 0.1) is 0 Å². The molecule has 1 aliphatic heterocycles. The zero-order valence-corrected chi connectivity index (χ0v) is 7.76. The van der Waals surface area contributed by atoms with Gasteiger partial charge in [0.05, 0.1) is 13.2 Å². The molecule has 0 spiro atoms. The molecule has 0 saturated carbocycles. The van der Waals surface area contributed by atoms with E-state index in [2.05, 4.69) is 0 Å². The van der Waals surface area contributed by atoms with E-state index in [1.165, 1.54) is 0 Å². The van der Waals surface area contributed by atoms with Gasteiger partial charge in [0, 0.05) is 19.6 Å². The van der Waals surface area contributed by atoms with Crippen molar-refractivity contribution in [3.8, 4) is 0 Å². The Kier molecular flexibility index (Phi) is 4.15. The number of aliphatic hydroxyl groups excluding tert-OH is 1. The van der Waals surface area contributed by atoms with Crippen molar-refractivity contribution >= 4 is 0 Å². The van der Waals surface area contributed by atoms with Crippen molar-refractivity contribution < 1.29 is 23.0 Å². The zero-order valence-electron chi connectivity index (χ0n) is 7.76. The number of halogens is 3. The summed E-state index contributed by atoms with van der Waals surface area (Å²) in [4.78, 5) is 1.86. The molecular weight excluding hydrogens is 199 g/mol. The summed E-state index contributed by atoms with van der Waals surface area (Å²) in [5.41, 5.74) is 0. The van der Waals surface area contributed by atoms with Crippen LogP contribution in [0.25, 0.3) is 0 Å². The van der Waals surface area contributed by atoms with Crippen LogP contribution in [0.2, 0.25) is 0 Å². The highest BCUT2D eigenvalue weighted by atomic mass is 19.4. The minimum absolute atomic E-state index is 0.260. The Hall–Kier alpha value is -0.330. The summed E-state index contributed by atoms with van der Waals surface area (Å²) in [5.74, 6) is 0. The average Bonchev–Trinajstić information content (AvgIpc) is 2.14. The minimum atomic E-state index is -4.49. The lowest BCUT2D eigenvalue weighted by Gasteiger charge is -2.27. The molecule has 3 nitrogen and oxygen atoms in total. The van der Waals surface area contributed by atoms with E-state index >= 15 is 0 Å². The molecule has 0 unspecified atom stereocenters. The van der Waals surface area contributed by atoms with Crippen LogP contribution < -0.4 is 0 Å². The number of hydrogen-bond acceptors (Lipinski definition) is 3. The second-order valence-electron chi connectivity index (χ2n) is 3.30. The van der Waals surface area contributed by atoms with Gasteiger partial charge in [-0.3, -0.25) is 4.90 Å². The van der Waals surface area contributed by atoms with Crippen molar-refractivity contribution in [3.05, 3.63) is 0 Å². The van der Waals surface area contributed by atoms with E-state index < -0.39 is 12.3 Å². The Balaban J connectivity index is 2.19. The van der Waals surface area contributed by atoms with Crippen LogP contribution in [0.1, 0.15) is 6.42 Å². The molecule has 1 N–H and O–H groups in total. The second-order valence-corrected chi connectivity index (χ2v) is 3.30. The van der Waals surface area contributed by atoms with Gasteiger partial charge in [-0.1, -0.05) is 0 Å². The van der Waals surface area contributed by atoms with Gasteiger partial charge in [-0.05, 0) is 6.42 Å². The first kappa shape index (κ1) is 11.7. The maximum absolute atomic E-state index is 11.9. The molecule has 1 rings (SSSR count). The van der Waals surface area contributed by atoms with Crippen molar-refractivity contribution in [1.82, 2.24) is 4.90 Å². The Labute approximate surface area is 80.5 Å². The van der Waals surface area contributed by atoms with Gasteiger partial charge in [0.15, 0.2) is 6.10 Å². The zero-order chi connectivity index (χ0) is 10.6. The summed E-state index contributed by atoms with van der Waals surface area (Å²) < 4.78 is 40.8. The maximum atomic E-state index is 11.9. The maximum Gasteiger partial charge on any atom is 0.414 e. The van der Waals surface area contributed by atoms with Crippen LogP contribution in [0.5, 0.6) is 0 Å². The topological polar surface area (TPSA) is 32.7 Å². The molecule has 0 aromatic carbocycles. The highest BCUT2D eigenvalue weighted by Crippen LogP contribution is 2.22. The lowest BCUT2D eigenvalue weighted by Crippen LogP contribution is -2.40. The van der Waals surface area contributed by atoms with Crippen LogP contribution >= 0.6 is 0 Å². The number of rotatable bonds is 3. The van der Waals surface area contributed by atoms with E-state index in [0.29, 0.717) is 26.3 Å². The Morgan fingerprint density at radius 1 is 1.29 bits per heavy atom. The van der Waals surface area contributed by atoms with Crippen LogP contribution in [-0.4, -0.2) is 55.1 Å². The average molecular weight is 213 g/mol. The number of alkyl halides is 3. The number of aliphatic hydroxyl groups is 1. The van der Waals surface area contributed by atoms with E-state index in [-0.39, 0.29) is 13.0 Å². The van der Waals surface area contributed by atoms with Gasteiger partial charge in [-0.25, -0.2) is 0 Å². The molecule has 84 valence electrons. The Bertz CT molecular complexity index is 168. The molecule has 6 heteroatoms. The SMILES string of the molecule is O[C@@H](CCN1CCOCC1)C(F)(F)F. The highest BCUT2D eigenvalue weighted by molar-refractivity contribution is 4.69. The molecule has 0 amide bonds. The van der Waals surface area contributed by atoms with Gasteiger partial charge in [-0.2, -0.15) is 13.2 Å². The predicted octanol–water partition coefficient (Wildman–Crippen LogP) is 0.632. The van der Waals surface area contributed by atoms with E-state index in [1.54, 1.807) is 0 Å². The molecule has 0 aromatic heterocycles. The van der Waals surface area contributed by atoms with E-state index in [4.69, 9.17) is 9.84 Å². The number of nitrogens with zero attached hydrogens (tertiary/aromatic N) is 1. The molecule has 1 fully saturated rings. The van der Waals surface area contributed by atoms with Crippen LogP contribution in [0.4, 0.5) is 13.2 Å². The van der Waals surface area contributed by atoms with Gasteiger partial charge < -0.3 is 9.84 Å². The van der Waals surface area contributed by atoms with Gasteiger partial charge in [0.1, 0.15) is 0 Å². The monoisotopic (exact) mass is 213 g/mol. The predicted molar refractivity (Wildman–Crippen MR) is 43.9 cm³/mol. The summed E-state index contributed by atoms with van der Waals surface area (Å²) in [6.45, 7) is 2.67. The number of morpholine rings is 1. The first-order valence-electron chi connectivity index (χ1n) is 4.55. The molecule has 0 aromatic rings. The summed E-state index contributed by atoms with van der Waals surface area (Å²) >= 11 is 0. The van der Waals surface area contributed by atoms with Crippen molar-refractivity contribution in [2.75, 3.05) is 32.8 Å². The number of hydrogen-bond donors (Lipinski definition) is 1. The van der Waals surface area contributed by atoms with Gasteiger partial charge in [0.2, 0.25) is 0 Å². The fraction of sp³-hybridized carbons (Fsp3) is 1.00. The van der Waals surface area contributed by atoms with Crippen LogP contribution in [0.3, 0.4) is 0 Å². The molecule has 1 saturated heterocycles. The van der Waals surface area contributed by atoms with E-state index in [0.717, 1.165) is 0 Å². The van der Waals surface area contributed by atoms with Crippen LogP contribution in [0.15, 0.2) is 0 Å². The minimum Gasteiger partial charge on any atom is -0.384 e. The number of ether oxygens (including phenoxy) is 1. The third-order valence-electron chi connectivity index (χ3n) is 2.20. The van der Waals surface area contributed by atoms with Gasteiger partial charge >= 0.3 is 6.18 Å². The quantitative estimate of drug-likeness (QED) is 0.746. The fourth-order valence-electron chi connectivity index (χ4n) is 1.29. The Morgan fingerprint density at radius 3 is 2.36 bits per heavy atom. The Morgan fingerprint density at radius 2 is 1.86 bits per heavy atom. The second kappa shape index (κ2) is 4.95. The molecule has 1 heterocycles. The third-order valence-corrected chi connectivity index (χ3v) is 2.20. The van der Waals surface area contributed by atoms with Gasteiger partial charge in [0.25, 0.3) is 0 Å². The lowest BCUT2D eigenvalue weighted by molar-refractivity contribution is -0.206. The molecule has 0 radical (unpaired) electrons. The molecule has 1 atom stereocenters. The largest absolute Gasteiger partial charge is 0.414 e. The summed E-state index contributed by atoms with van der Waals surface area (Å²) in [7, 11) is 0. The first-order valence-corrected chi connectivity index (χ1v) is 4.55. The highest BCUT2D eigenvalue weighted by Gasteiger charge is 2.37. The standard InChI is InChI=1S/C8H14F3NO2/c9-8(10,11)7(13)1-2-12-3-5-14-6-4-12/h7,13H,1-6H2/t7-/m0/s1. The summed E-state index contributed by atoms with van der Waals surface area (Å²) in [5, 5.41) is 8.73. The molecular formula is C8H14F3NO2. The summed E-state index contributed by atoms with van der Waals surface area (Å²) in [6, 6.07) is 0. The van der Waals surface area contributed by atoms with Crippen molar-refractivity contribution in [2.45, 2.75) is 18.7 Å². The van der Waals surface area contributed by atoms with Crippen LogP contribution in [-0.2, 0) is 4.74 Å². The third kappa shape index (κ3) is 3.81. The molecule has 1 aliphatic rings. The van der Waals surface area contributed by atoms with Gasteiger partial charge in [-0.15, -0.1) is 0 Å². The van der Waals surface area contributed by atoms with E-state index in [9.17, 15) is 13.2 Å². The fourth-order valence-corrected chi connectivity index (χ4v) is 1.29. The van der Waals surface area contributed by atoms with Crippen molar-refractivity contribution in [1.29, 1.82) is 0 Å². The normalized spacial score (nSPS) is 22.3. The smallest absolute Gasteiger partial charge is 0.384 e. The summed E-state index contributed by atoms with van der Waals surface area (Å²) in [6.07, 6.45) is -6.96. The van der Waals surface area contributed by atoms with E-state index in [1.807, 2.05) is 4.90 Å². The molecule has 0 bridgehead atoms. The van der Waals surface area contributed by atoms with Crippen molar-refractivity contribution in [2.24, 2.45) is 0 Å². The molecule has 14 heavy (non-hydrogen) atoms. The first-order chi connectivity index (χ1) is 6.50. The van der Waals surface area contributed by atoms with Crippen molar-refractivity contribution in [3.63, 3.8) is 0 Å².